The van der Waals surface area contributed by atoms with Crippen molar-refractivity contribution in [2.24, 2.45) is 29.0 Å². The van der Waals surface area contributed by atoms with E-state index in [0.29, 0.717) is 36.8 Å². The molecule has 1 aliphatic rings. The monoisotopic (exact) mass is 1020 g/mol. The van der Waals surface area contributed by atoms with Gasteiger partial charge in [0.05, 0.1) is 25.6 Å². The van der Waals surface area contributed by atoms with Crippen molar-refractivity contribution in [1.82, 2.24) is 42.1 Å². The summed E-state index contributed by atoms with van der Waals surface area (Å²) in [7, 11) is 0. The lowest BCUT2D eigenvalue weighted by Crippen LogP contribution is -2.59. The highest BCUT2D eigenvalue weighted by Gasteiger charge is 2.39. The van der Waals surface area contributed by atoms with Crippen LogP contribution in [0.15, 0.2) is 48.5 Å². The highest BCUT2D eigenvalue weighted by molar-refractivity contribution is 5.98. The first-order valence-electron chi connectivity index (χ1n) is 24.4. The molecule has 0 unspecified atom stereocenters. The van der Waals surface area contributed by atoms with Crippen LogP contribution in [0.3, 0.4) is 0 Å². The van der Waals surface area contributed by atoms with Crippen molar-refractivity contribution in [2.45, 2.75) is 134 Å². The van der Waals surface area contributed by atoms with Crippen molar-refractivity contribution in [3.63, 3.8) is 0 Å². The average molecular weight is 1020 g/mol. The van der Waals surface area contributed by atoms with Gasteiger partial charge in [0.15, 0.2) is 0 Å². The topological polar surface area (TPSA) is 397 Å². The second-order valence-electron chi connectivity index (χ2n) is 18.6. The van der Waals surface area contributed by atoms with Gasteiger partial charge in [-0.05, 0) is 92.3 Å². The van der Waals surface area contributed by atoms with E-state index in [1.165, 1.54) is 41.3 Å². The molecule has 24 nitrogen and oxygen atoms in total. The third-order valence-electron chi connectivity index (χ3n) is 12.2. The highest BCUT2D eigenvalue weighted by Crippen LogP contribution is 2.21. The zero-order valence-corrected chi connectivity index (χ0v) is 41.8. The number of hydrogen-bond donors (Lipinski definition) is 13. The van der Waals surface area contributed by atoms with E-state index in [2.05, 4.69) is 37.2 Å². The Labute approximate surface area is 424 Å². The number of unbranched alkanes of at least 4 members (excludes halogenated alkanes) is 1. The molecule has 0 radical (unpaired) electrons. The van der Waals surface area contributed by atoms with E-state index >= 15 is 0 Å². The van der Waals surface area contributed by atoms with Gasteiger partial charge in [-0.15, -0.1) is 0 Å². The summed E-state index contributed by atoms with van der Waals surface area (Å²) in [5.74, 6) is -8.86. The smallest absolute Gasteiger partial charge is 0.326 e. The molecule has 0 spiro atoms. The SMILES string of the molecule is CC[C@H](C)[C@H](N)C(=O)N[C@@H](CC(C)C)C(=O)N[C@@H](Cc1ccc(O)cc1)C(=O)N1CCC[C@H]1C(=O)NCC(=O)NCC(=O)N[C@@H](CC(N)=O)C(=O)N[C@@H](CCCCN)C(=O)N[C@@H](Cc1ccc(O)cc1)C(=O)O. The Morgan fingerprint density at radius 2 is 1.19 bits per heavy atom. The van der Waals surface area contributed by atoms with E-state index in [4.69, 9.17) is 17.2 Å². The minimum absolute atomic E-state index is 0.00248. The van der Waals surface area contributed by atoms with Gasteiger partial charge in [-0.2, -0.15) is 0 Å². The van der Waals surface area contributed by atoms with Crippen molar-refractivity contribution >= 4 is 59.1 Å². The number of nitrogens with zero attached hydrogens (tertiary/aromatic N) is 1. The molecule has 0 saturated carbocycles. The predicted octanol–water partition coefficient (Wildman–Crippen LogP) is -1.96. The van der Waals surface area contributed by atoms with Gasteiger partial charge in [0.25, 0.3) is 0 Å². The van der Waals surface area contributed by atoms with Crippen LogP contribution in [-0.4, -0.2) is 148 Å². The number of aliphatic carboxylic acids is 1. The number of phenolic OH excluding ortho intramolecular Hbond substituents is 2. The number of carbonyl (C=O) groups is 10. The van der Waals surface area contributed by atoms with Crippen LogP contribution in [0, 0.1) is 11.8 Å². The number of carboxylic acid groups (broad SMARTS) is 1. The number of amides is 9. The fraction of sp³-hybridized carbons (Fsp3) is 0.551. The summed E-state index contributed by atoms with van der Waals surface area (Å²) in [4.78, 5) is 133. The summed E-state index contributed by atoms with van der Waals surface area (Å²) >= 11 is 0. The molecule has 402 valence electrons. The molecule has 0 aliphatic carbocycles. The van der Waals surface area contributed by atoms with Crippen LogP contribution in [0.1, 0.15) is 90.2 Å². The zero-order valence-electron chi connectivity index (χ0n) is 41.8. The first kappa shape index (κ1) is 60.0. The van der Waals surface area contributed by atoms with E-state index in [-0.39, 0.29) is 68.5 Å². The van der Waals surface area contributed by atoms with Crippen LogP contribution in [0.5, 0.6) is 11.5 Å². The van der Waals surface area contributed by atoms with Crippen molar-refractivity contribution < 1.29 is 63.3 Å². The van der Waals surface area contributed by atoms with Gasteiger partial charge in [0.1, 0.15) is 47.8 Å². The molecule has 73 heavy (non-hydrogen) atoms. The lowest BCUT2D eigenvalue weighted by atomic mass is 9.97. The Kier molecular flexibility index (Phi) is 24.5. The van der Waals surface area contributed by atoms with Gasteiger partial charge in [0.2, 0.25) is 53.2 Å². The van der Waals surface area contributed by atoms with Crippen LogP contribution < -0.4 is 54.4 Å². The number of nitrogens with two attached hydrogens (primary N) is 3. The maximum Gasteiger partial charge on any atom is 0.326 e. The van der Waals surface area contributed by atoms with E-state index in [0.717, 1.165) is 0 Å². The molecular weight excluding hydrogens is 951 g/mol. The maximum atomic E-state index is 14.3. The first-order chi connectivity index (χ1) is 34.5. The molecule has 1 fully saturated rings. The fourth-order valence-corrected chi connectivity index (χ4v) is 7.88. The van der Waals surface area contributed by atoms with Gasteiger partial charge in [-0.1, -0.05) is 58.4 Å². The van der Waals surface area contributed by atoms with Crippen LogP contribution >= 0.6 is 0 Å². The lowest BCUT2D eigenvalue weighted by Gasteiger charge is -2.30. The van der Waals surface area contributed by atoms with Crippen LogP contribution in [0.2, 0.25) is 0 Å². The Balaban J connectivity index is 1.66. The molecule has 2 aromatic carbocycles. The number of carboxylic acids is 1. The summed E-state index contributed by atoms with van der Waals surface area (Å²) in [5.41, 5.74) is 18.2. The summed E-state index contributed by atoms with van der Waals surface area (Å²) in [6.45, 7) is 6.42. The Bertz CT molecular complexity index is 2230. The summed E-state index contributed by atoms with van der Waals surface area (Å²) in [6.07, 6.45) is 1.29. The minimum atomic E-state index is -1.64. The summed E-state index contributed by atoms with van der Waals surface area (Å²) in [6, 6.07) is 3.01. The second-order valence-corrected chi connectivity index (χ2v) is 18.6. The third kappa shape index (κ3) is 20.4. The van der Waals surface area contributed by atoms with E-state index < -0.39 is 121 Å². The molecular formula is C49H73N11O13. The number of hydrogen-bond acceptors (Lipinski definition) is 14. The molecule has 2 aromatic rings. The van der Waals surface area contributed by atoms with Gasteiger partial charge < -0.3 is 74.6 Å². The molecule has 1 aliphatic heterocycles. The van der Waals surface area contributed by atoms with Gasteiger partial charge in [-0.3, -0.25) is 43.2 Å². The Hall–Kier alpha value is -7.34. The number of aromatic hydroxyl groups is 2. The number of carbonyl (C=O) groups excluding carboxylic acids is 9. The standard InChI is InChI=1S/C49H73N11O13/c1-5-28(4)42(52)47(70)57-34(21-27(2)3)44(67)58-36(22-29-11-15-31(61)16-12-29)48(71)60-20-8-10-38(60)46(69)54-25-40(64)53-26-41(65)55-35(24-39(51)63)45(68)56-33(9-6-7-19-50)43(66)59-37(49(72)73)23-30-13-17-32(62)18-14-30/h11-18,27-28,33-38,42,61-62H,5-10,19-26,50,52H2,1-4H3,(H2,51,63)(H,53,64)(H,54,69)(H,55,65)(H,56,68)(H,57,70)(H,58,67)(H,59,66)(H,72,73)/t28-,33-,34-,35-,36-,37-,38-,42-/m0/s1. The van der Waals surface area contributed by atoms with Crippen molar-refractivity contribution in [3.8, 4) is 11.5 Å². The molecule has 24 heteroatoms. The maximum absolute atomic E-state index is 14.3. The van der Waals surface area contributed by atoms with Gasteiger partial charge >= 0.3 is 5.97 Å². The van der Waals surface area contributed by atoms with E-state index in [9.17, 15) is 63.3 Å². The molecule has 0 aromatic heterocycles. The molecule has 9 amide bonds. The summed E-state index contributed by atoms with van der Waals surface area (Å²) in [5, 5.41) is 46.7. The molecule has 1 heterocycles. The van der Waals surface area contributed by atoms with Crippen molar-refractivity contribution in [2.75, 3.05) is 26.2 Å². The molecule has 16 N–H and O–H groups in total. The third-order valence-corrected chi connectivity index (χ3v) is 12.2. The quantitative estimate of drug-likeness (QED) is 0.0378. The van der Waals surface area contributed by atoms with Gasteiger partial charge in [-0.25, -0.2) is 4.79 Å². The number of phenols is 2. The lowest BCUT2D eigenvalue weighted by molar-refractivity contribution is -0.142. The number of likely N-dealkylation sites (tertiary alicyclic amines) is 1. The molecule has 1 saturated heterocycles. The normalized spacial score (nSPS) is 16.0. The summed E-state index contributed by atoms with van der Waals surface area (Å²) < 4.78 is 0. The van der Waals surface area contributed by atoms with Crippen molar-refractivity contribution in [1.29, 1.82) is 0 Å². The Morgan fingerprint density at radius 1 is 0.671 bits per heavy atom. The first-order valence-corrected chi connectivity index (χ1v) is 24.4. The van der Waals surface area contributed by atoms with Crippen LogP contribution in [0.25, 0.3) is 0 Å². The fourth-order valence-electron chi connectivity index (χ4n) is 7.88. The van der Waals surface area contributed by atoms with Crippen LogP contribution in [-0.2, 0) is 60.8 Å². The molecule has 3 rings (SSSR count). The highest BCUT2D eigenvalue weighted by atomic mass is 16.4. The number of nitrogens with one attached hydrogen (secondary N) is 7. The van der Waals surface area contributed by atoms with E-state index in [1.807, 2.05) is 27.7 Å². The largest absolute Gasteiger partial charge is 0.508 e. The zero-order chi connectivity index (χ0) is 54.4. The molecule has 8 atom stereocenters. The average Bonchev–Trinajstić information content (AvgIpc) is 3.84. The van der Waals surface area contributed by atoms with E-state index in [1.54, 1.807) is 12.1 Å². The number of rotatable bonds is 30. The van der Waals surface area contributed by atoms with Crippen molar-refractivity contribution in [3.05, 3.63) is 59.7 Å². The van der Waals surface area contributed by atoms with Gasteiger partial charge in [0, 0.05) is 19.4 Å². The Morgan fingerprint density at radius 3 is 1.74 bits per heavy atom. The molecule has 0 bridgehead atoms. The predicted molar refractivity (Wildman–Crippen MR) is 265 cm³/mol. The van der Waals surface area contributed by atoms with Crippen LogP contribution in [0.4, 0.5) is 0 Å². The number of benzene rings is 2. The number of primary amides is 1. The second kappa shape index (κ2) is 29.9. The minimum Gasteiger partial charge on any atom is -0.508 e.